The van der Waals surface area contributed by atoms with Crippen molar-refractivity contribution in [2.45, 2.75) is 26.4 Å². The van der Waals surface area contributed by atoms with Crippen LogP contribution in [0, 0.1) is 0 Å². The fourth-order valence-electron chi connectivity index (χ4n) is 4.31. The number of thioether (sulfide) groups is 1. The second kappa shape index (κ2) is 9.12. The highest BCUT2D eigenvalue weighted by molar-refractivity contribution is 8.18. The van der Waals surface area contributed by atoms with Crippen molar-refractivity contribution in [2.75, 3.05) is 0 Å². The van der Waals surface area contributed by atoms with Gasteiger partial charge in [-0.2, -0.15) is 0 Å². The summed E-state index contributed by atoms with van der Waals surface area (Å²) in [5, 5.41) is 0.873. The Balaban J connectivity index is 1.52. The molecule has 164 valence electrons. The fourth-order valence-corrected chi connectivity index (χ4v) is 5.14. The van der Waals surface area contributed by atoms with Gasteiger partial charge in [0.1, 0.15) is 0 Å². The first kappa shape index (κ1) is 21.3. The lowest BCUT2D eigenvalue weighted by Crippen LogP contribution is -2.27. The number of nitrogens with zero attached hydrogens (tertiary/aromatic N) is 2. The van der Waals surface area contributed by atoms with E-state index >= 15 is 0 Å². The van der Waals surface area contributed by atoms with Crippen LogP contribution in [0.1, 0.15) is 29.2 Å². The fraction of sp³-hybridized carbons (Fsp3) is 0.143. The van der Waals surface area contributed by atoms with E-state index in [9.17, 15) is 9.59 Å². The molecule has 1 saturated heterocycles. The van der Waals surface area contributed by atoms with Gasteiger partial charge < -0.3 is 4.57 Å². The number of aromatic nitrogens is 1. The highest BCUT2D eigenvalue weighted by atomic mass is 32.2. The number of fused-ring (bicyclic) bond motifs is 1. The normalized spacial score (nSPS) is 15.2. The number of aryl methyl sites for hydroxylation is 1. The molecule has 0 atom stereocenters. The molecule has 0 spiro atoms. The molecule has 1 aromatic heterocycles. The number of rotatable bonds is 6. The number of imide groups is 1. The number of para-hydroxylation sites is 1. The molecule has 5 heteroatoms. The summed E-state index contributed by atoms with van der Waals surface area (Å²) in [7, 11) is 0. The zero-order valence-electron chi connectivity index (χ0n) is 18.4. The van der Waals surface area contributed by atoms with Crippen LogP contribution < -0.4 is 0 Å². The van der Waals surface area contributed by atoms with Crippen LogP contribution in [0.5, 0.6) is 0 Å². The predicted octanol–water partition coefficient (Wildman–Crippen LogP) is 6.49. The number of hydrogen-bond donors (Lipinski definition) is 0. The van der Waals surface area contributed by atoms with Crippen molar-refractivity contribution < 1.29 is 9.59 Å². The Morgan fingerprint density at radius 2 is 1.48 bits per heavy atom. The van der Waals surface area contributed by atoms with Gasteiger partial charge in [-0.1, -0.05) is 85.8 Å². The van der Waals surface area contributed by atoms with Crippen molar-refractivity contribution in [1.29, 1.82) is 0 Å². The Morgan fingerprint density at radius 1 is 0.818 bits per heavy atom. The van der Waals surface area contributed by atoms with Gasteiger partial charge in [0.2, 0.25) is 0 Å². The Morgan fingerprint density at radius 3 is 2.15 bits per heavy atom. The molecule has 4 nitrogen and oxygen atoms in total. The van der Waals surface area contributed by atoms with Gasteiger partial charge in [0.15, 0.2) is 0 Å². The molecule has 1 fully saturated rings. The quantitative estimate of drug-likeness (QED) is 0.314. The Kier molecular flexibility index (Phi) is 5.88. The molecular weight excluding hydrogens is 428 g/mol. The molecule has 0 bridgehead atoms. The zero-order valence-corrected chi connectivity index (χ0v) is 19.2. The number of carbonyl (C=O) groups excluding carboxylic acids is 2. The minimum atomic E-state index is -0.232. The maximum Gasteiger partial charge on any atom is 0.293 e. The van der Waals surface area contributed by atoms with Gasteiger partial charge in [-0.15, -0.1) is 0 Å². The first-order chi connectivity index (χ1) is 16.1. The summed E-state index contributed by atoms with van der Waals surface area (Å²) in [6, 6.07) is 26.3. The van der Waals surface area contributed by atoms with Gasteiger partial charge in [0.05, 0.1) is 17.0 Å². The molecule has 33 heavy (non-hydrogen) atoms. The Hall–Kier alpha value is -3.57. The zero-order chi connectivity index (χ0) is 22.8. The number of amides is 2. The predicted molar refractivity (Wildman–Crippen MR) is 135 cm³/mol. The van der Waals surface area contributed by atoms with E-state index in [-0.39, 0.29) is 11.1 Å². The topological polar surface area (TPSA) is 42.3 Å². The van der Waals surface area contributed by atoms with Gasteiger partial charge in [0, 0.05) is 23.7 Å². The molecule has 0 saturated carbocycles. The van der Waals surface area contributed by atoms with Crippen LogP contribution >= 0.6 is 11.8 Å². The molecule has 5 rings (SSSR count). The lowest BCUT2D eigenvalue weighted by atomic mass is 10.1. The van der Waals surface area contributed by atoms with Crippen LogP contribution in [0.15, 0.2) is 90.0 Å². The van der Waals surface area contributed by atoms with Crippen molar-refractivity contribution >= 4 is 39.9 Å². The van der Waals surface area contributed by atoms with Gasteiger partial charge >= 0.3 is 0 Å². The molecule has 4 aromatic rings. The molecular formula is C28H24N2O2S. The molecule has 0 radical (unpaired) electrons. The van der Waals surface area contributed by atoms with Crippen LogP contribution in [-0.2, 0) is 24.3 Å². The van der Waals surface area contributed by atoms with E-state index in [0.29, 0.717) is 11.4 Å². The third-order valence-corrected chi connectivity index (χ3v) is 6.84. The van der Waals surface area contributed by atoms with E-state index in [1.54, 1.807) is 0 Å². The average Bonchev–Trinajstić information content (AvgIpc) is 3.32. The van der Waals surface area contributed by atoms with Gasteiger partial charge in [-0.25, -0.2) is 0 Å². The molecule has 1 aliphatic heterocycles. The Bertz CT molecular complexity index is 1360. The van der Waals surface area contributed by atoms with Crippen molar-refractivity contribution in [3.63, 3.8) is 0 Å². The van der Waals surface area contributed by atoms with Crippen molar-refractivity contribution in [3.05, 3.63) is 112 Å². The molecule has 0 unspecified atom stereocenters. The molecule has 2 heterocycles. The van der Waals surface area contributed by atoms with Crippen molar-refractivity contribution in [2.24, 2.45) is 0 Å². The summed E-state index contributed by atoms with van der Waals surface area (Å²) in [6.07, 6.45) is 4.89. The van der Waals surface area contributed by atoms with E-state index in [4.69, 9.17) is 0 Å². The monoisotopic (exact) mass is 452 g/mol. The van der Waals surface area contributed by atoms with Crippen LogP contribution in [0.4, 0.5) is 4.79 Å². The number of benzene rings is 3. The molecule has 3 aromatic carbocycles. The minimum Gasteiger partial charge on any atom is -0.342 e. The summed E-state index contributed by atoms with van der Waals surface area (Å²) in [5.74, 6) is -0.232. The van der Waals surface area contributed by atoms with Crippen LogP contribution in [0.3, 0.4) is 0 Å². The third-order valence-electron chi connectivity index (χ3n) is 5.93. The minimum absolute atomic E-state index is 0.225. The van der Waals surface area contributed by atoms with Crippen LogP contribution in [-0.4, -0.2) is 20.6 Å². The molecule has 1 aliphatic rings. The third kappa shape index (κ3) is 4.24. The number of hydrogen-bond acceptors (Lipinski definition) is 3. The summed E-state index contributed by atoms with van der Waals surface area (Å²) < 4.78 is 2.25. The second-order valence-corrected chi connectivity index (χ2v) is 9.11. The maximum absolute atomic E-state index is 13.1. The summed E-state index contributed by atoms with van der Waals surface area (Å²) in [5.41, 5.74) is 5.56. The van der Waals surface area contributed by atoms with Crippen molar-refractivity contribution in [1.82, 2.24) is 9.47 Å². The standard InChI is InChI=1S/C28H24N2O2S/c1-2-22-14-9-15-24-23(19-29(26(22)24)17-20-10-5-3-6-11-20)16-25-27(31)30(28(32)33-25)18-21-12-7-4-8-13-21/h3-16,19H,2,17-18H2,1H3/b25-16-. The molecule has 2 amide bonds. The molecule has 0 aliphatic carbocycles. The summed E-state index contributed by atoms with van der Waals surface area (Å²) in [4.78, 5) is 27.5. The largest absolute Gasteiger partial charge is 0.342 e. The lowest BCUT2D eigenvalue weighted by Gasteiger charge is -2.12. The second-order valence-electron chi connectivity index (χ2n) is 8.12. The van der Waals surface area contributed by atoms with Gasteiger partial charge in [0.25, 0.3) is 11.1 Å². The van der Waals surface area contributed by atoms with Gasteiger partial charge in [-0.3, -0.25) is 14.5 Å². The smallest absolute Gasteiger partial charge is 0.293 e. The van der Waals surface area contributed by atoms with E-state index in [1.807, 2.05) is 54.6 Å². The first-order valence-electron chi connectivity index (χ1n) is 11.1. The van der Waals surface area contributed by atoms with E-state index in [2.05, 4.69) is 48.0 Å². The van der Waals surface area contributed by atoms with Crippen LogP contribution in [0.25, 0.3) is 17.0 Å². The first-order valence-corrected chi connectivity index (χ1v) is 11.9. The van der Waals surface area contributed by atoms with E-state index < -0.39 is 0 Å². The highest BCUT2D eigenvalue weighted by Gasteiger charge is 2.35. The SMILES string of the molecule is CCc1cccc2c(/C=C3\SC(=O)N(Cc4ccccc4)C3=O)cn(Cc3ccccc3)c12. The van der Waals surface area contributed by atoms with Gasteiger partial charge in [-0.05, 0) is 40.9 Å². The number of carbonyl (C=O) groups is 2. The van der Waals surface area contributed by atoms with E-state index in [1.165, 1.54) is 21.5 Å². The van der Waals surface area contributed by atoms with E-state index in [0.717, 1.165) is 41.2 Å². The Labute approximate surface area is 197 Å². The van der Waals surface area contributed by atoms with Crippen molar-refractivity contribution in [3.8, 4) is 0 Å². The summed E-state index contributed by atoms with van der Waals surface area (Å²) >= 11 is 1.02. The summed E-state index contributed by atoms with van der Waals surface area (Å²) in [6.45, 7) is 3.19. The average molecular weight is 453 g/mol. The highest BCUT2D eigenvalue weighted by Crippen LogP contribution is 2.35. The lowest BCUT2D eigenvalue weighted by molar-refractivity contribution is -0.123. The van der Waals surface area contributed by atoms with Crippen LogP contribution in [0.2, 0.25) is 0 Å². The maximum atomic E-state index is 13.1. The molecule has 0 N–H and O–H groups in total.